The third-order valence-corrected chi connectivity index (χ3v) is 6.41. The summed E-state index contributed by atoms with van der Waals surface area (Å²) in [4.78, 5) is 54.1. The molecule has 3 fully saturated rings. The summed E-state index contributed by atoms with van der Waals surface area (Å²) in [5, 5.41) is 0. The first-order valence-corrected chi connectivity index (χ1v) is 10.8. The summed E-state index contributed by atoms with van der Waals surface area (Å²) < 4.78 is 16.4. The van der Waals surface area contributed by atoms with Crippen molar-refractivity contribution in [2.75, 3.05) is 13.2 Å². The highest BCUT2D eigenvalue weighted by molar-refractivity contribution is 6.04. The number of ether oxygens (including phenoxy) is 3. The number of esters is 1. The Morgan fingerprint density at radius 2 is 1.73 bits per heavy atom. The van der Waals surface area contributed by atoms with Crippen LogP contribution in [-0.4, -0.2) is 64.7 Å². The summed E-state index contributed by atoms with van der Waals surface area (Å²) in [6, 6.07) is 16.7. The number of imide groups is 1. The van der Waals surface area contributed by atoms with Gasteiger partial charge < -0.3 is 14.2 Å². The van der Waals surface area contributed by atoms with Crippen LogP contribution in [0.5, 0.6) is 0 Å². The highest BCUT2D eigenvalue weighted by atomic mass is 16.6. The van der Waals surface area contributed by atoms with E-state index in [0.717, 1.165) is 10.5 Å². The molecule has 9 nitrogen and oxygen atoms in total. The summed E-state index contributed by atoms with van der Waals surface area (Å²) in [6.07, 6.45) is -1.82. The molecule has 3 atom stereocenters. The van der Waals surface area contributed by atoms with Crippen molar-refractivity contribution in [3.05, 3.63) is 71.8 Å². The molecule has 0 bridgehead atoms. The number of likely N-dealkylation sites (tertiary alicyclic amines) is 1. The Hall–Kier alpha value is -3.88. The van der Waals surface area contributed by atoms with Crippen molar-refractivity contribution in [2.45, 2.75) is 37.1 Å². The second-order valence-corrected chi connectivity index (χ2v) is 8.23. The van der Waals surface area contributed by atoms with Crippen molar-refractivity contribution in [3.8, 4) is 0 Å². The van der Waals surface area contributed by atoms with Crippen LogP contribution in [0, 0.1) is 0 Å². The highest BCUT2D eigenvalue weighted by Gasteiger charge is 2.70. The predicted octanol–water partition coefficient (Wildman–Crippen LogP) is 2.74. The minimum Gasteiger partial charge on any atom is -0.453 e. The SMILES string of the molecule is O=C(O[C@H]1C2COC(=O)N2C(=O)[C@@]12CCCN2C(=O)OCc1ccccc1)c1ccccc1. The van der Waals surface area contributed by atoms with Gasteiger partial charge in [-0.25, -0.2) is 19.3 Å². The molecular weight excluding hydrogens is 428 g/mol. The number of nitrogens with zero attached hydrogens (tertiary/aromatic N) is 2. The normalized spacial score (nSPS) is 25.8. The molecule has 3 aliphatic heterocycles. The van der Waals surface area contributed by atoms with E-state index in [9.17, 15) is 19.2 Å². The zero-order valence-corrected chi connectivity index (χ0v) is 17.7. The Bertz CT molecular complexity index is 1090. The van der Waals surface area contributed by atoms with E-state index in [4.69, 9.17) is 14.2 Å². The molecular formula is C24H22N2O7. The maximum atomic E-state index is 13.5. The lowest BCUT2D eigenvalue weighted by Crippen LogP contribution is -2.60. The van der Waals surface area contributed by atoms with Crippen LogP contribution in [0.25, 0.3) is 0 Å². The van der Waals surface area contributed by atoms with Gasteiger partial charge in [-0.05, 0) is 30.5 Å². The van der Waals surface area contributed by atoms with Crippen LogP contribution in [-0.2, 0) is 25.6 Å². The summed E-state index contributed by atoms with van der Waals surface area (Å²) in [7, 11) is 0. The molecule has 5 rings (SSSR count). The van der Waals surface area contributed by atoms with Crippen molar-refractivity contribution in [2.24, 2.45) is 0 Å². The van der Waals surface area contributed by atoms with Crippen molar-refractivity contribution >= 4 is 24.1 Å². The highest BCUT2D eigenvalue weighted by Crippen LogP contribution is 2.46. The average Bonchev–Trinajstić information content (AvgIpc) is 3.52. The average molecular weight is 450 g/mol. The number of hydrogen-bond donors (Lipinski definition) is 0. The maximum absolute atomic E-state index is 13.5. The quantitative estimate of drug-likeness (QED) is 0.521. The van der Waals surface area contributed by atoms with Gasteiger partial charge in [-0.2, -0.15) is 0 Å². The molecule has 3 saturated heterocycles. The van der Waals surface area contributed by atoms with E-state index in [1.807, 2.05) is 30.3 Å². The van der Waals surface area contributed by atoms with Crippen LogP contribution in [0.2, 0.25) is 0 Å². The minimum atomic E-state index is -1.51. The fraction of sp³-hybridized carbons (Fsp3) is 0.333. The maximum Gasteiger partial charge on any atom is 0.417 e. The molecule has 9 heteroatoms. The molecule has 0 N–H and O–H groups in total. The Morgan fingerprint density at radius 3 is 2.45 bits per heavy atom. The number of cyclic esters (lactones) is 1. The Balaban J connectivity index is 1.44. The van der Waals surface area contributed by atoms with Crippen LogP contribution in [0.3, 0.4) is 0 Å². The molecule has 1 spiro atoms. The van der Waals surface area contributed by atoms with Crippen molar-refractivity contribution in [1.29, 1.82) is 0 Å². The van der Waals surface area contributed by atoms with Gasteiger partial charge in [0.1, 0.15) is 19.3 Å². The first-order valence-electron chi connectivity index (χ1n) is 10.8. The van der Waals surface area contributed by atoms with Gasteiger partial charge in [0.2, 0.25) is 0 Å². The number of hydrogen-bond acceptors (Lipinski definition) is 7. The monoisotopic (exact) mass is 450 g/mol. The van der Waals surface area contributed by atoms with Crippen molar-refractivity contribution < 1.29 is 33.4 Å². The van der Waals surface area contributed by atoms with E-state index in [2.05, 4.69) is 0 Å². The Kier molecular flexibility index (Phi) is 5.24. The molecule has 3 aliphatic rings. The van der Waals surface area contributed by atoms with Gasteiger partial charge in [-0.3, -0.25) is 9.69 Å². The van der Waals surface area contributed by atoms with Gasteiger partial charge in [-0.1, -0.05) is 48.5 Å². The molecule has 3 amide bonds. The zero-order chi connectivity index (χ0) is 23.0. The molecule has 3 heterocycles. The van der Waals surface area contributed by atoms with Gasteiger partial charge in [0.25, 0.3) is 5.91 Å². The number of carbonyl (C=O) groups is 4. The van der Waals surface area contributed by atoms with Gasteiger partial charge in [-0.15, -0.1) is 0 Å². The van der Waals surface area contributed by atoms with E-state index in [-0.39, 0.29) is 26.2 Å². The van der Waals surface area contributed by atoms with Crippen LogP contribution >= 0.6 is 0 Å². The molecule has 2 aromatic carbocycles. The van der Waals surface area contributed by atoms with E-state index in [1.54, 1.807) is 30.3 Å². The third-order valence-electron chi connectivity index (χ3n) is 6.41. The molecule has 2 aromatic rings. The van der Waals surface area contributed by atoms with Gasteiger partial charge in [0.15, 0.2) is 11.6 Å². The standard InChI is InChI=1S/C24H22N2O7/c27-20(17-10-5-2-6-11-17)33-19-18-15-32-23(30)26(18)21(28)24(19)12-7-13-25(24)22(29)31-14-16-8-3-1-4-9-16/h1-6,8-11,18-19H,7,12-15H2/t18?,19-,24+/m0/s1. The molecule has 0 aromatic heterocycles. The van der Waals surface area contributed by atoms with Crippen LogP contribution < -0.4 is 0 Å². The summed E-state index contributed by atoms with van der Waals surface area (Å²) >= 11 is 0. The number of fused-ring (bicyclic) bond motifs is 1. The summed E-state index contributed by atoms with van der Waals surface area (Å²) in [5.74, 6) is -1.24. The first-order chi connectivity index (χ1) is 16.0. The minimum absolute atomic E-state index is 0.0318. The zero-order valence-electron chi connectivity index (χ0n) is 17.7. The van der Waals surface area contributed by atoms with Gasteiger partial charge in [0.05, 0.1) is 5.56 Å². The summed E-state index contributed by atoms with van der Waals surface area (Å²) in [5.41, 5.74) is -0.407. The predicted molar refractivity (Wildman–Crippen MR) is 113 cm³/mol. The third kappa shape index (κ3) is 3.40. The molecule has 33 heavy (non-hydrogen) atoms. The number of amides is 3. The first kappa shape index (κ1) is 21.0. The molecule has 170 valence electrons. The number of benzene rings is 2. The lowest BCUT2D eigenvalue weighted by Gasteiger charge is -2.37. The van der Waals surface area contributed by atoms with Crippen LogP contribution in [0.15, 0.2) is 60.7 Å². The molecule has 0 saturated carbocycles. The number of carbonyl (C=O) groups excluding carboxylic acids is 4. The van der Waals surface area contributed by atoms with E-state index in [1.165, 1.54) is 4.90 Å². The second-order valence-electron chi connectivity index (χ2n) is 8.23. The lowest BCUT2D eigenvalue weighted by molar-refractivity contribution is -0.136. The van der Waals surface area contributed by atoms with E-state index >= 15 is 0 Å². The lowest BCUT2D eigenvalue weighted by atomic mass is 9.88. The smallest absolute Gasteiger partial charge is 0.417 e. The molecule has 0 aliphatic carbocycles. The fourth-order valence-corrected chi connectivity index (χ4v) is 4.89. The fourth-order valence-electron chi connectivity index (χ4n) is 4.89. The Labute approximate surface area is 189 Å². The van der Waals surface area contributed by atoms with E-state index in [0.29, 0.717) is 12.0 Å². The topological polar surface area (TPSA) is 102 Å². The van der Waals surface area contributed by atoms with Crippen molar-refractivity contribution in [1.82, 2.24) is 9.80 Å². The molecule has 0 radical (unpaired) electrons. The summed E-state index contributed by atoms with van der Waals surface area (Å²) in [6.45, 7) is 0.171. The van der Waals surface area contributed by atoms with E-state index < -0.39 is 41.7 Å². The second kappa shape index (κ2) is 8.23. The van der Waals surface area contributed by atoms with Crippen LogP contribution in [0.1, 0.15) is 28.8 Å². The Morgan fingerprint density at radius 1 is 1.03 bits per heavy atom. The van der Waals surface area contributed by atoms with Crippen molar-refractivity contribution in [3.63, 3.8) is 0 Å². The van der Waals surface area contributed by atoms with Crippen LogP contribution in [0.4, 0.5) is 9.59 Å². The van der Waals surface area contributed by atoms with Gasteiger partial charge >= 0.3 is 18.2 Å². The molecule has 1 unspecified atom stereocenters. The van der Waals surface area contributed by atoms with Gasteiger partial charge in [0, 0.05) is 6.54 Å². The largest absolute Gasteiger partial charge is 0.453 e. The number of rotatable bonds is 4.